The maximum Gasteiger partial charge on any atom is 0.221 e. The van der Waals surface area contributed by atoms with Crippen LogP contribution in [0, 0.1) is 6.92 Å². The van der Waals surface area contributed by atoms with Gasteiger partial charge in [0.2, 0.25) is 5.88 Å². The number of nitrogens with two attached hydrogens (primary N) is 1. The fourth-order valence-corrected chi connectivity index (χ4v) is 1.85. The topological polar surface area (TPSA) is 64.3 Å². The van der Waals surface area contributed by atoms with Crippen molar-refractivity contribution in [3.63, 3.8) is 0 Å². The van der Waals surface area contributed by atoms with Crippen molar-refractivity contribution in [2.75, 3.05) is 31.1 Å². The van der Waals surface area contributed by atoms with E-state index >= 15 is 0 Å². The van der Waals surface area contributed by atoms with E-state index in [-0.39, 0.29) is 0 Å². The van der Waals surface area contributed by atoms with E-state index in [0.29, 0.717) is 19.0 Å². The lowest BCUT2D eigenvalue weighted by Crippen LogP contribution is -2.31. The second-order valence-electron chi connectivity index (χ2n) is 4.19. The van der Waals surface area contributed by atoms with Gasteiger partial charge in [0.15, 0.2) is 0 Å². The van der Waals surface area contributed by atoms with E-state index in [1.54, 1.807) is 6.33 Å². The first-order valence-corrected chi connectivity index (χ1v) is 6.63. The highest BCUT2D eigenvalue weighted by molar-refractivity contribution is 5.50. The molecule has 0 unspecified atom stereocenters. The van der Waals surface area contributed by atoms with Gasteiger partial charge in [-0.2, -0.15) is 0 Å². The van der Waals surface area contributed by atoms with Gasteiger partial charge in [-0.1, -0.05) is 13.3 Å². The third-order valence-electron chi connectivity index (χ3n) is 2.77. The van der Waals surface area contributed by atoms with Gasteiger partial charge in [0.1, 0.15) is 12.1 Å². The van der Waals surface area contributed by atoms with E-state index in [4.69, 9.17) is 10.5 Å². The first-order chi connectivity index (χ1) is 8.74. The van der Waals surface area contributed by atoms with E-state index in [1.165, 1.54) is 0 Å². The third-order valence-corrected chi connectivity index (χ3v) is 2.77. The Morgan fingerprint density at radius 2 is 2.06 bits per heavy atom. The van der Waals surface area contributed by atoms with Gasteiger partial charge in [-0.25, -0.2) is 9.97 Å². The quantitative estimate of drug-likeness (QED) is 0.763. The van der Waals surface area contributed by atoms with Crippen molar-refractivity contribution in [3.05, 3.63) is 11.9 Å². The maximum atomic E-state index is 5.67. The Labute approximate surface area is 109 Å². The Hall–Kier alpha value is -1.36. The number of hydrogen-bond acceptors (Lipinski definition) is 5. The largest absolute Gasteiger partial charge is 0.478 e. The van der Waals surface area contributed by atoms with Crippen LogP contribution >= 0.6 is 0 Å². The number of unbranched alkanes of at least 4 members (excludes halogenated alkanes) is 1. The summed E-state index contributed by atoms with van der Waals surface area (Å²) in [6.45, 7) is 9.14. The van der Waals surface area contributed by atoms with Crippen molar-refractivity contribution in [1.29, 1.82) is 0 Å². The zero-order valence-corrected chi connectivity index (χ0v) is 11.6. The van der Waals surface area contributed by atoms with E-state index in [2.05, 4.69) is 21.8 Å². The Bertz CT molecular complexity index is 357. The van der Waals surface area contributed by atoms with Gasteiger partial charge in [-0.3, -0.25) is 0 Å². The van der Waals surface area contributed by atoms with Crippen LogP contribution in [0.5, 0.6) is 5.88 Å². The number of ether oxygens (including phenoxy) is 1. The number of hydrogen-bond donors (Lipinski definition) is 1. The predicted molar refractivity (Wildman–Crippen MR) is 74.1 cm³/mol. The molecular formula is C13H24N4O. The summed E-state index contributed by atoms with van der Waals surface area (Å²) < 4.78 is 5.50. The van der Waals surface area contributed by atoms with Crippen LogP contribution in [-0.4, -0.2) is 36.2 Å². The van der Waals surface area contributed by atoms with Crippen molar-refractivity contribution in [1.82, 2.24) is 9.97 Å². The fraction of sp³-hybridized carbons (Fsp3) is 0.692. The number of anilines is 1. The van der Waals surface area contributed by atoms with Crippen molar-refractivity contribution < 1.29 is 4.74 Å². The molecule has 0 bridgehead atoms. The summed E-state index contributed by atoms with van der Waals surface area (Å²) >= 11 is 0. The normalized spacial score (nSPS) is 10.4. The first kappa shape index (κ1) is 14.7. The standard InChI is InChI=1S/C13H24N4O/c1-4-6-8-17(9-7-14)12-11(3)13(18-5-2)16-10-15-12/h10H,4-9,14H2,1-3H3. The van der Waals surface area contributed by atoms with Crippen LogP contribution in [0.4, 0.5) is 5.82 Å². The molecule has 0 spiro atoms. The summed E-state index contributed by atoms with van der Waals surface area (Å²) in [4.78, 5) is 10.7. The highest BCUT2D eigenvalue weighted by atomic mass is 16.5. The molecule has 0 fully saturated rings. The highest BCUT2D eigenvalue weighted by Crippen LogP contribution is 2.23. The smallest absolute Gasteiger partial charge is 0.221 e. The van der Waals surface area contributed by atoms with Gasteiger partial charge < -0.3 is 15.4 Å². The van der Waals surface area contributed by atoms with E-state index < -0.39 is 0 Å². The molecule has 2 N–H and O–H groups in total. The molecule has 0 atom stereocenters. The van der Waals surface area contributed by atoms with Gasteiger partial charge in [0, 0.05) is 19.6 Å². The molecule has 1 rings (SSSR count). The summed E-state index contributed by atoms with van der Waals surface area (Å²) in [5.74, 6) is 1.60. The van der Waals surface area contributed by atoms with E-state index in [1.807, 2.05) is 13.8 Å². The van der Waals surface area contributed by atoms with Gasteiger partial charge in [0.05, 0.1) is 12.2 Å². The monoisotopic (exact) mass is 252 g/mol. The number of rotatable bonds is 8. The number of nitrogens with zero attached hydrogens (tertiary/aromatic N) is 3. The molecule has 18 heavy (non-hydrogen) atoms. The molecule has 1 aromatic rings. The Morgan fingerprint density at radius 1 is 1.28 bits per heavy atom. The van der Waals surface area contributed by atoms with Crippen molar-refractivity contribution in [3.8, 4) is 5.88 Å². The van der Waals surface area contributed by atoms with Crippen LogP contribution in [0.15, 0.2) is 6.33 Å². The molecule has 1 aromatic heterocycles. The Morgan fingerprint density at radius 3 is 2.67 bits per heavy atom. The molecule has 102 valence electrons. The third kappa shape index (κ3) is 3.84. The molecule has 0 saturated carbocycles. The predicted octanol–water partition coefficient (Wildman–Crippen LogP) is 1.75. The summed E-state index contributed by atoms with van der Waals surface area (Å²) in [6, 6.07) is 0. The molecule has 0 aliphatic heterocycles. The molecule has 0 radical (unpaired) electrons. The summed E-state index contributed by atoms with van der Waals surface area (Å²) in [5.41, 5.74) is 6.66. The molecule has 0 amide bonds. The lowest BCUT2D eigenvalue weighted by atomic mass is 10.2. The summed E-state index contributed by atoms with van der Waals surface area (Å²) in [5, 5.41) is 0. The van der Waals surface area contributed by atoms with E-state index in [9.17, 15) is 0 Å². The zero-order valence-electron chi connectivity index (χ0n) is 11.6. The van der Waals surface area contributed by atoms with Crippen LogP contribution in [0.3, 0.4) is 0 Å². The van der Waals surface area contributed by atoms with Gasteiger partial charge in [0.25, 0.3) is 0 Å². The lowest BCUT2D eigenvalue weighted by molar-refractivity contribution is 0.323. The average molecular weight is 252 g/mol. The number of aromatic nitrogens is 2. The lowest BCUT2D eigenvalue weighted by Gasteiger charge is -2.24. The minimum Gasteiger partial charge on any atom is -0.478 e. The van der Waals surface area contributed by atoms with Gasteiger partial charge in [-0.15, -0.1) is 0 Å². The highest BCUT2D eigenvalue weighted by Gasteiger charge is 2.13. The van der Waals surface area contributed by atoms with Crippen LogP contribution in [0.1, 0.15) is 32.3 Å². The fourth-order valence-electron chi connectivity index (χ4n) is 1.85. The molecule has 5 heteroatoms. The van der Waals surface area contributed by atoms with Gasteiger partial charge >= 0.3 is 0 Å². The maximum absolute atomic E-state index is 5.67. The average Bonchev–Trinajstić information content (AvgIpc) is 2.38. The second-order valence-corrected chi connectivity index (χ2v) is 4.19. The van der Waals surface area contributed by atoms with Crippen molar-refractivity contribution >= 4 is 5.82 Å². The minimum absolute atomic E-state index is 0.614. The van der Waals surface area contributed by atoms with Crippen LogP contribution in [-0.2, 0) is 0 Å². The van der Waals surface area contributed by atoms with E-state index in [0.717, 1.165) is 37.3 Å². The van der Waals surface area contributed by atoms with Crippen molar-refractivity contribution in [2.24, 2.45) is 5.73 Å². The van der Waals surface area contributed by atoms with Gasteiger partial charge in [-0.05, 0) is 20.3 Å². The second kappa shape index (κ2) is 7.87. The van der Waals surface area contributed by atoms with Crippen molar-refractivity contribution in [2.45, 2.75) is 33.6 Å². The van der Waals surface area contributed by atoms with Crippen LogP contribution in [0.2, 0.25) is 0 Å². The summed E-state index contributed by atoms with van der Waals surface area (Å²) in [6.07, 6.45) is 3.85. The molecule has 5 nitrogen and oxygen atoms in total. The first-order valence-electron chi connectivity index (χ1n) is 6.63. The minimum atomic E-state index is 0.614. The SMILES string of the molecule is CCCCN(CCN)c1ncnc(OCC)c1C. The molecular weight excluding hydrogens is 228 g/mol. The molecule has 0 aromatic carbocycles. The molecule has 0 aliphatic rings. The Kier molecular flexibility index (Phi) is 6.43. The summed E-state index contributed by atoms with van der Waals surface area (Å²) in [7, 11) is 0. The Balaban J connectivity index is 2.92. The molecule has 0 saturated heterocycles. The van der Waals surface area contributed by atoms with Crippen LogP contribution in [0.25, 0.3) is 0 Å². The zero-order chi connectivity index (χ0) is 13.4. The van der Waals surface area contributed by atoms with Crippen LogP contribution < -0.4 is 15.4 Å². The molecule has 1 heterocycles. The molecule has 0 aliphatic carbocycles.